The van der Waals surface area contributed by atoms with Crippen LogP contribution in [-0.2, 0) is 0 Å². The van der Waals surface area contributed by atoms with Gasteiger partial charge in [-0.25, -0.2) is 0 Å². The molecule has 1 aliphatic heterocycles. The van der Waals surface area contributed by atoms with Crippen LogP contribution in [0.25, 0.3) is 5.69 Å². The van der Waals surface area contributed by atoms with Gasteiger partial charge in [-0.2, -0.15) is 0 Å². The SMILES string of the molecule is C[NH+]1CCN(C(=O)c2cc(-n3cnnc3)ccc2Cl)CC1. The second kappa shape index (κ2) is 5.83. The van der Waals surface area contributed by atoms with E-state index in [2.05, 4.69) is 17.2 Å². The first-order valence-electron chi connectivity index (χ1n) is 6.90. The molecule has 1 saturated heterocycles. The van der Waals surface area contributed by atoms with E-state index < -0.39 is 0 Å². The summed E-state index contributed by atoms with van der Waals surface area (Å²) in [5, 5.41) is 8.03. The predicted octanol–water partition coefficient (Wildman–Crippen LogP) is -0.109. The van der Waals surface area contributed by atoms with Crippen molar-refractivity contribution in [2.75, 3.05) is 33.2 Å². The molecule has 6 nitrogen and oxygen atoms in total. The number of amides is 1. The third-order valence-electron chi connectivity index (χ3n) is 3.80. The molecule has 3 rings (SSSR count). The number of halogens is 1. The first-order chi connectivity index (χ1) is 10.1. The minimum atomic E-state index is -0.0116. The summed E-state index contributed by atoms with van der Waals surface area (Å²) in [5.41, 5.74) is 1.36. The zero-order valence-electron chi connectivity index (χ0n) is 11.8. The minimum absolute atomic E-state index is 0.0116. The van der Waals surface area contributed by atoms with Gasteiger partial charge in [-0.15, -0.1) is 10.2 Å². The Bertz CT molecular complexity index is 635. The number of carbonyl (C=O) groups is 1. The molecule has 0 aliphatic carbocycles. The van der Waals surface area contributed by atoms with Crippen molar-refractivity contribution in [3.63, 3.8) is 0 Å². The Morgan fingerprint density at radius 2 is 1.90 bits per heavy atom. The summed E-state index contributed by atoms with van der Waals surface area (Å²) in [7, 11) is 2.14. The standard InChI is InChI=1S/C14H16ClN5O/c1-18-4-6-19(7-5-18)14(21)12-8-11(2-3-13(12)15)20-9-16-17-10-20/h2-3,8-10H,4-7H2,1H3/p+1. The van der Waals surface area contributed by atoms with Crippen LogP contribution in [0.2, 0.25) is 5.02 Å². The Labute approximate surface area is 127 Å². The molecule has 2 heterocycles. The van der Waals surface area contributed by atoms with Gasteiger partial charge in [-0.3, -0.25) is 9.36 Å². The Kier molecular flexibility index (Phi) is 3.90. The van der Waals surface area contributed by atoms with Crippen molar-refractivity contribution >= 4 is 17.5 Å². The molecule has 1 aromatic heterocycles. The Hall–Kier alpha value is -1.92. The summed E-state index contributed by atoms with van der Waals surface area (Å²) < 4.78 is 1.75. The number of quaternary nitrogens is 1. The quantitative estimate of drug-likeness (QED) is 0.842. The molecule has 0 saturated carbocycles. The lowest BCUT2D eigenvalue weighted by molar-refractivity contribution is -0.883. The molecule has 1 fully saturated rings. The molecule has 1 aromatic carbocycles. The fraction of sp³-hybridized carbons (Fsp3) is 0.357. The number of nitrogens with zero attached hydrogens (tertiary/aromatic N) is 4. The van der Waals surface area contributed by atoms with Crippen molar-refractivity contribution in [1.82, 2.24) is 19.7 Å². The van der Waals surface area contributed by atoms with Gasteiger partial charge in [0.05, 0.1) is 43.8 Å². The van der Waals surface area contributed by atoms with Crippen LogP contribution in [0.5, 0.6) is 0 Å². The highest BCUT2D eigenvalue weighted by Gasteiger charge is 2.24. The summed E-state index contributed by atoms with van der Waals surface area (Å²) >= 11 is 6.21. The van der Waals surface area contributed by atoms with Crippen LogP contribution in [0, 0.1) is 0 Å². The molecule has 1 amide bonds. The Morgan fingerprint density at radius 3 is 2.57 bits per heavy atom. The molecule has 0 unspecified atom stereocenters. The highest BCUT2D eigenvalue weighted by atomic mass is 35.5. The normalized spacial score (nSPS) is 16.2. The Morgan fingerprint density at radius 1 is 1.24 bits per heavy atom. The topological polar surface area (TPSA) is 55.5 Å². The van der Waals surface area contributed by atoms with E-state index in [-0.39, 0.29) is 5.91 Å². The fourth-order valence-electron chi connectivity index (χ4n) is 2.43. The molecule has 0 atom stereocenters. The van der Waals surface area contributed by atoms with Crippen LogP contribution >= 0.6 is 11.6 Å². The van der Waals surface area contributed by atoms with Crippen molar-refractivity contribution in [2.24, 2.45) is 0 Å². The number of aromatic nitrogens is 3. The smallest absolute Gasteiger partial charge is 0.255 e. The van der Waals surface area contributed by atoms with E-state index in [1.807, 2.05) is 11.0 Å². The number of nitrogens with one attached hydrogen (secondary N) is 1. The highest BCUT2D eigenvalue weighted by molar-refractivity contribution is 6.33. The van der Waals surface area contributed by atoms with Crippen LogP contribution in [0.4, 0.5) is 0 Å². The number of carbonyl (C=O) groups excluding carboxylic acids is 1. The lowest BCUT2D eigenvalue weighted by Crippen LogP contribution is -3.12. The molecule has 110 valence electrons. The van der Waals surface area contributed by atoms with Crippen molar-refractivity contribution in [1.29, 1.82) is 0 Å². The number of benzene rings is 1. The van der Waals surface area contributed by atoms with Gasteiger partial charge in [0.15, 0.2) is 0 Å². The average molecular weight is 307 g/mol. The molecule has 2 aromatic rings. The van der Waals surface area contributed by atoms with Crippen molar-refractivity contribution in [2.45, 2.75) is 0 Å². The number of likely N-dealkylation sites (N-methyl/N-ethyl adjacent to an activating group) is 1. The third kappa shape index (κ3) is 2.91. The van der Waals surface area contributed by atoms with Crippen LogP contribution in [-0.4, -0.2) is 58.8 Å². The van der Waals surface area contributed by atoms with E-state index in [1.165, 1.54) is 4.90 Å². The zero-order valence-corrected chi connectivity index (χ0v) is 12.5. The van der Waals surface area contributed by atoms with Gasteiger partial charge in [-0.05, 0) is 18.2 Å². The largest absolute Gasteiger partial charge is 0.334 e. The maximum Gasteiger partial charge on any atom is 0.255 e. The monoisotopic (exact) mass is 306 g/mol. The van der Waals surface area contributed by atoms with Crippen molar-refractivity contribution in [3.05, 3.63) is 41.4 Å². The lowest BCUT2D eigenvalue weighted by Gasteiger charge is -2.30. The highest BCUT2D eigenvalue weighted by Crippen LogP contribution is 2.21. The van der Waals surface area contributed by atoms with Gasteiger partial charge >= 0.3 is 0 Å². The first kappa shape index (κ1) is 14.0. The molecule has 21 heavy (non-hydrogen) atoms. The second-order valence-electron chi connectivity index (χ2n) is 5.28. The number of hydrogen-bond donors (Lipinski definition) is 1. The zero-order chi connectivity index (χ0) is 14.8. The molecule has 0 radical (unpaired) electrons. The fourth-order valence-corrected chi connectivity index (χ4v) is 2.63. The molecule has 7 heteroatoms. The van der Waals surface area contributed by atoms with E-state index in [9.17, 15) is 4.79 Å². The van der Waals surface area contributed by atoms with E-state index in [4.69, 9.17) is 11.6 Å². The van der Waals surface area contributed by atoms with Crippen LogP contribution in [0.15, 0.2) is 30.9 Å². The lowest BCUT2D eigenvalue weighted by atomic mass is 10.1. The van der Waals surface area contributed by atoms with Gasteiger partial charge < -0.3 is 9.80 Å². The van der Waals surface area contributed by atoms with E-state index in [1.54, 1.807) is 29.4 Å². The molecule has 0 bridgehead atoms. The van der Waals surface area contributed by atoms with E-state index >= 15 is 0 Å². The van der Waals surface area contributed by atoms with E-state index in [0.29, 0.717) is 10.6 Å². The molecular weight excluding hydrogens is 290 g/mol. The first-order valence-corrected chi connectivity index (χ1v) is 7.28. The minimum Gasteiger partial charge on any atom is -0.334 e. The van der Waals surface area contributed by atoms with Gasteiger partial charge in [0, 0.05) is 5.69 Å². The molecular formula is C14H17ClN5O+. The van der Waals surface area contributed by atoms with E-state index in [0.717, 1.165) is 31.9 Å². The summed E-state index contributed by atoms with van der Waals surface area (Å²) in [6.07, 6.45) is 3.19. The van der Waals surface area contributed by atoms with Gasteiger partial charge in [-0.1, -0.05) is 11.6 Å². The summed E-state index contributed by atoms with van der Waals surface area (Å²) in [4.78, 5) is 16.0. The van der Waals surface area contributed by atoms with Gasteiger partial charge in [0.1, 0.15) is 12.7 Å². The molecule has 0 spiro atoms. The number of piperazine rings is 1. The van der Waals surface area contributed by atoms with Crippen LogP contribution in [0.3, 0.4) is 0 Å². The van der Waals surface area contributed by atoms with Crippen molar-refractivity contribution < 1.29 is 9.69 Å². The number of hydrogen-bond acceptors (Lipinski definition) is 3. The average Bonchev–Trinajstić information content (AvgIpc) is 3.02. The van der Waals surface area contributed by atoms with Crippen LogP contribution in [0.1, 0.15) is 10.4 Å². The van der Waals surface area contributed by atoms with Crippen molar-refractivity contribution in [3.8, 4) is 5.69 Å². The molecule has 1 aliphatic rings. The summed E-state index contributed by atoms with van der Waals surface area (Å²) in [6.45, 7) is 3.46. The molecule has 1 N–H and O–H groups in total. The maximum absolute atomic E-state index is 12.6. The van der Waals surface area contributed by atoms with Crippen LogP contribution < -0.4 is 4.90 Å². The predicted molar refractivity (Wildman–Crippen MR) is 78.9 cm³/mol. The third-order valence-corrected chi connectivity index (χ3v) is 4.13. The summed E-state index contributed by atoms with van der Waals surface area (Å²) in [5.74, 6) is -0.0116. The second-order valence-corrected chi connectivity index (χ2v) is 5.69. The maximum atomic E-state index is 12.6. The Balaban J connectivity index is 1.87. The van der Waals surface area contributed by atoms with Gasteiger partial charge in [0.2, 0.25) is 0 Å². The van der Waals surface area contributed by atoms with Gasteiger partial charge in [0.25, 0.3) is 5.91 Å². The summed E-state index contributed by atoms with van der Waals surface area (Å²) in [6, 6.07) is 5.38. The number of rotatable bonds is 2.